The van der Waals surface area contributed by atoms with E-state index in [1.807, 2.05) is 19.1 Å². The maximum atomic E-state index is 12.4. The van der Waals surface area contributed by atoms with Crippen molar-refractivity contribution >= 4 is 15.7 Å². The van der Waals surface area contributed by atoms with Crippen LogP contribution in [0.4, 0.5) is 0 Å². The topological polar surface area (TPSA) is 81.7 Å². The fourth-order valence-electron chi connectivity index (χ4n) is 2.41. The monoisotopic (exact) mass is 347 g/mol. The van der Waals surface area contributed by atoms with Crippen LogP contribution in [-0.2, 0) is 9.84 Å². The Balaban J connectivity index is 1.77. The number of fused-ring (bicyclic) bond motifs is 1. The zero-order valence-corrected chi connectivity index (χ0v) is 14.1. The number of hydrogen-bond acceptors (Lipinski definition) is 5. The molecular weight excluding hydrogens is 330 g/mol. The minimum atomic E-state index is -3.36. The van der Waals surface area contributed by atoms with Gasteiger partial charge in [-0.25, -0.2) is 8.42 Å². The first-order chi connectivity index (χ1) is 11.3. The zero-order chi connectivity index (χ0) is 17.3. The van der Waals surface area contributed by atoms with Gasteiger partial charge in [-0.2, -0.15) is 0 Å². The molecular formula is C17H17NO5S. The molecule has 2 aromatic carbocycles. The normalized spacial score (nSPS) is 14.2. The van der Waals surface area contributed by atoms with Crippen LogP contribution in [0.3, 0.4) is 0 Å². The predicted molar refractivity (Wildman–Crippen MR) is 88.0 cm³/mol. The van der Waals surface area contributed by atoms with Gasteiger partial charge in [0.2, 0.25) is 6.79 Å². The molecule has 1 N–H and O–H groups in total. The smallest absolute Gasteiger partial charge is 0.251 e. The Hall–Kier alpha value is -2.54. The lowest BCUT2D eigenvalue weighted by Crippen LogP contribution is -2.26. The van der Waals surface area contributed by atoms with Gasteiger partial charge in [0.15, 0.2) is 21.3 Å². The number of sulfone groups is 1. The average molecular weight is 347 g/mol. The second kappa shape index (κ2) is 6.16. The second-order valence-electron chi connectivity index (χ2n) is 5.61. The third-order valence-corrected chi connectivity index (χ3v) is 4.88. The highest BCUT2D eigenvalue weighted by Gasteiger charge is 2.18. The number of nitrogens with one attached hydrogen (secondary N) is 1. The summed E-state index contributed by atoms with van der Waals surface area (Å²) in [7, 11) is -3.36. The summed E-state index contributed by atoms with van der Waals surface area (Å²) in [5.74, 6) is 0.983. The van der Waals surface area contributed by atoms with Gasteiger partial charge < -0.3 is 14.8 Å². The van der Waals surface area contributed by atoms with Gasteiger partial charge in [0.1, 0.15) is 0 Å². The molecule has 0 saturated carbocycles. The summed E-state index contributed by atoms with van der Waals surface area (Å²) in [6.07, 6.45) is 1.11. The fraction of sp³-hybridized carbons (Fsp3) is 0.235. The largest absolute Gasteiger partial charge is 0.454 e. The van der Waals surface area contributed by atoms with E-state index in [0.29, 0.717) is 17.1 Å². The maximum absolute atomic E-state index is 12.4. The van der Waals surface area contributed by atoms with Crippen LogP contribution in [0, 0.1) is 0 Å². The molecule has 24 heavy (non-hydrogen) atoms. The molecule has 126 valence electrons. The van der Waals surface area contributed by atoms with Gasteiger partial charge in [-0.1, -0.05) is 12.1 Å². The molecule has 6 nitrogen and oxygen atoms in total. The van der Waals surface area contributed by atoms with Crippen LogP contribution in [0.15, 0.2) is 47.4 Å². The van der Waals surface area contributed by atoms with Crippen LogP contribution < -0.4 is 14.8 Å². The summed E-state index contributed by atoms with van der Waals surface area (Å²) in [5, 5.41) is 2.85. The van der Waals surface area contributed by atoms with Gasteiger partial charge in [-0.05, 0) is 42.8 Å². The molecule has 1 aliphatic heterocycles. The van der Waals surface area contributed by atoms with Crippen LogP contribution in [-0.4, -0.2) is 27.4 Å². The van der Waals surface area contributed by atoms with Gasteiger partial charge >= 0.3 is 0 Å². The van der Waals surface area contributed by atoms with Crippen LogP contribution in [0.1, 0.15) is 28.9 Å². The predicted octanol–water partition coefficient (Wildman–Crippen LogP) is 2.31. The highest BCUT2D eigenvalue weighted by molar-refractivity contribution is 7.90. The van der Waals surface area contributed by atoms with Gasteiger partial charge in [0, 0.05) is 11.8 Å². The van der Waals surface area contributed by atoms with E-state index in [9.17, 15) is 13.2 Å². The van der Waals surface area contributed by atoms with E-state index in [0.717, 1.165) is 11.8 Å². The maximum Gasteiger partial charge on any atom is 0.251 e. The Morgan fingerprint density at radius 3 is 2.62 bits per heavy atom. The number of amides is 1. The molecule has 0 unspecified atom stereocenters. The van der Waals surface area contributed by atoms with Crippen molar-refractivity contribution in [3.05, 3.63) is 53.6 Å². The number of hydrogen-bond donors (Lipinski definition) is 1. The first-order valence-corrected chi connectivity index (χ1v) is 9.24. The lowest BCUT2D eigenvalue weighted by atomic mass is 10.1. The molecule has 0 aromatic heterocycles. The molecule has 0 bridgehead atoms. The van der Waals surface area contributed by atoms with Crippen molar-refractivity contribution in [1.82, 2.24) is 5.32 Å². The number of rotatable bonds is 4. The Bertz CT molecular complexity index is 892. The summed E-state index contributed by atoms with van der Waals surface area (Å²) in [5.41, 5.74) is 1.16. The van der Waals surface area contributed by atoms with E-state index < -0.39 is 9.84 Å². The van der Waals surface area contributed by atoms with E-state index in [2.05, 4.69) is 5.32 Å². The zero-order valence-electron chi connectivity index (χ0n) is 13.3. The van der Waals surface area contributed by atoms with E-state index in [4.69, 9.17) is 9.47 Å². The number of carbonyl (C=O) groups excluding carboxylic acids is 1. The highest BCUT2D eigenvalue weighted by Crippen LogP contribution is 2.34. The van der Waals surface area contributed by atoms with Crippen molar-refractivity contribution in [2.75, 3.05) is 13.0 Å². The van der Waals surface area contributed by atoms with Crippen LogP contribution >= 0.6 is 0 Å². The molecule has 0 saturated heterocycles. The lowest BCUT2D eigenvalue weighted by Gasteiger charge is -2.15. The van der Waals surface area contributed by atoms with Crippen LogP contribution in [0.2, 0.25) is 0 Å². The number of carbonyl (C=O) groups is 1. The molecule has 0 radical (unpaired) electrons. The number of ether oxygens (including phenoxy) is 2. The summed E-state index contributed by atoms with van der Waals surface area (Å²) >= 11 is 0. The quantitative estimate of drug-likeness (QED) is 0.918. The van der Waals surface area contributed by atoms with Crippen molar-refractivity contribution in [2.24, 2.45) is 0 Å². The molecule has 0 fully saturated rings. The molecule has 1 atom stereocenters. The van der Waals surface area contributed by atoms with Gasteiger partial charge in [0.25, 0.3) is 5.91 Å². The Morgan fingerprint density at radius 2 is 1.88 bits per heavy atom. The first-order valence-electron chi connectivity index (χ1n) is 7.35. The Kier molecular flexibility index (Phi) is 4.19. The molecule has 2 aromatic rings. The molecule has 1 aliphatic rings. The van der Waals surface area contributed by atoms with Gasteiger partial charge in [0.05, 0.1) is 10.9 Å². The van der Waals surface area contributed by atoms with Crippen molar-refractivity contribution in [1.29, 1.82) is 0 Å². The minimum absolute atomic E-state index is 0.117. The highest BCUT2D eigenvalue weighted by atomic mass is 32.2. The van der Waals surface area contributed by atoms with E-state index >= 15 is 0 Å². The lowest BCUT2D eigenvalue weighted by molar-refractivity contribution is 0.0939. The van der Waals surface area contributed by atoms with Gasteiger partial charge in [-0.15, -0.1) is 0 Å². The second-order valence-corrected chi connectivity index (χ2v) is 7.62. The van der Waals surface area contributed by atoms with Crippen molar-refractivity contribution in [2.45, 2.75) is 17.9 Å². The van der Waals surface area contributed by atoms with E-state index in [1.165, 1.54) is 12.1 Å². The SMILES string of the molecule is C[C@@H](NC(=O)c1cccc(S(C)(=O)=O)c1)c1ccc2c(c1)OCO2. The fourth-order valence-corrected chi connectivity index (χ4v) is 3.08. The average Bonchev–Trinajstić information content (AvgIpc) is 3.01. The third-order valence-electron chi connectivity index (χ3n) is 3.77. The summed E-state index contributed by atoms with van der Waals surface area (Å²) < 4.78 is 33.8. The Morgan fingerprint density at radius 1 is 1.12 bits per heavy atom. The summed E-state index contributed by atoms with van der Waals surface area (Å²) in [6.45, 7) is 2.04. The molecule has 3 rings (SSSR count). The van der Waals surface area contributed by atoms with Crippen molar-refractivity contribution in [3.63, 3.8) is 0 Å². The number of benzene rings is 2. The molecule has 0 aliphatic carbocycles. The van der Waals surface area contributed by atoms with Crippen LogP contribution in [0.5, 0.6) is 11.5 Å². The molecule has 7 heteroatoms. The summed E-state index contributed by atoms with van der Waals surface area (Å²) in [4.78, 5) is 12.5. The van der Waals surface area contributed by atoms with Crippen molar-refractivity contribution in [3.8, 4) is 11.5 Å². The van der Waals surface area contributed by atoms with Gasteiger partial charge in [-0.3, -0.25) is 4.79 Å². The Labute approximate surface area is 140 Å². The minimum Gasteiger partial charge on any atom is -0.454 e. The van der Waals surface area contributed by atoms with E-state index in [-0.39, 0.29) is 23.6 Å². The third kappa shape index (κ3) is 3.35. The van der Waals surface area contributed by atoms with E-state index in [1.54, 1.807) is 18.2 Å². The van der Waals surface area contributed by atoms with Crippen molar-refractivity contribution < 1.29 is 22.7 Å². The first kappa shape index (κ1) is 16.3. The molecule has 1 heterocycles. The standard InChI is InChI=1S/C17H17NO5S/c1-11(12-6-7-15-16(9-12)23-10-22-15)18-17(19)13-4-3-5-14(8-13)24(2,20)21/h3-9,11H,10H2,1-2H3,(H,18,19)/t11-/m1/s1. The van der Waals surface area contributed by atoms with Crippen LogP contribution in [0.25, 0.3) is 0 Å². The molecule has 1 amide bonds. The summed E-state index contributed by atoms with van der Waals surface area (Å²) in [6, 6.07) is 11.2. The molecule has 0 spiro atoms.